The Balaban J connectivity index is 1.18. The SMILES string of the molecule is CC[C@H](C)[C@H](NC(=O)[C@@H]1CCCN1C(=O)CNC(=O)[C@@H]1CCCN1C(=O)[C@H](CC(C)C)NC(=O)[C@@H](NC(=O)[C@@H](NC(=O)[C@@H](NC(=O)[C@@H](NC(=O)[C@@H]1CCCN1C(=O)[C@H](CO)NC(=O)[C@@H]1CCCN1)C(C)C)C(C)C)C(C)C)[C@@H](C)O)C(=O)N[C@@H](CC(C)C)C(=O)N[C@@H](CO)C(=O)N[C@@H](CO)C(=O)N[C@@H](Cc1ccccc1)C(=O)O. The van der Waals surface area contributed by atoms with Gasteiger partial charge in [0.05, 0.1) is 38.5 Å². The Labute approximate surface area is 665 Å². The number of hydrogen-bond donors (Lipinski definition) is 18. The van der Waals surface area contributed by atoms with E-state index < -0.39 is 241 Å². The van der Waals surface area contributed by atoms with E-state index in [0.717, 1.165) is 6.42 Å². The van der Waals surface area contributed by atoms with Crippen molar-refractivity contribution in [1.82, 2.24) is 83.8 Å². The van der Waals surface area contributed by atoms with Crippen LogP contribution in [0.5, 0.6) is 0 Å². The average Bonchev–Trinajstić information content (AvgIpc) is 1.60. The van der Waals surface area contributed by atoms with Gasteiger partial charge < -0.3 is 109 Å². The summed E-state index contributed by atoms with van der Waals surface area (Å²) in [5, 5.41) is 85.2. The van der Waals surface area contributed by atoms with E-state index in [-0.39, 0.29) is 70.0 Å². The fourth-order valence-corrected chi connectivity index (χ4v) is 14.2. The molecule has 0 bridgehead atoms. The fourth-order valence-electron chi connectivity index (χ4n) is 14.2. The smallest absolute Gasteiger partial charge is 0.326 e. The largest absolute Gasteiger partial charge is 0.480 e. The van der Waals surface area contributed by atoms with Gasteiger partial charge >= 0.3 is 5.97 Å². The monoisotopic (exact) mass is 1610 g/mol. The van der Waals surface area contributed by atoms with Crippen LogP contribution in [-0.4, -0.2) is 284 Å². The molecule has 114 heavy (non-hydrogen) atoms. The summed E-state index contributed by atoms with van der Waals surface area (Å²) in [5.74, 6) is -16.3. The molecule has 0 saturated carbocycles. The molecular formula is C77H124N16O21. The Hall–Kier alpha value is -9.46. The highest BCUT2D eigenvalue weighted by atomic mass is 16.4. The number of aliphatic hydroxyl groups excluding tert-OH is 4. The molecule has 15 amide bonds. The van der Waals surface area contributed by atoms with Gasteiger partial charge in [-0.15, -0.1) is 0 Å². The minimum Gasteiger partial charge on any atom is -0.480 e. The van der Waals surface area contributed by atoms with Crippen molar-refractivity contribution in [1.29, 1.82) is 0 Å². The topological polar surface area (TPSA) is 540 Å². The maximum Gasteiger partial charge on any atom is 0.326 e. The molecule has 0 radical (unpaired) electrons. The van der Waals surface area contributed by atoms with Gasteiger partial charge in [-0.1, -0.05) is 120 Å². The number of carboxylic acids is 1. The molecule has 4 heterocycles. The van der Waals surface area contributed by atoms with Gasteiger partial charge in [-0.05, 0) is 119 Å². The zero-order valence-corrected chi connectivity index (χ0v) is 67.8. The van der Waals surface area contributed by atoms with Crippen molar-refractivity contribution in [3.63, 3.8) is 0 Å². The lowest BCUT2D eigenvalue weighted by Crippen LogP contribution is -2.63. The van der Waals surface area contributed by atoms with Crippen LogP contribution in [0.25, 0.3) is 0 Å². The van der Waals surface area contributed by atoms with Crippen LogP contribution in [0.2, 0.25) is 0 Å². The number of aliphatic hydroxyl groups is 4. The molecule has 0 aromatic heterocycles. The lowest BCUT2D eigenvalue weighted by Gasteiger charge is -2.32. The van der Waals surface area contributed by atoms with Crippen LogP contribution in [-0.2, 0) is 83.1 Å². The van der Waals surface area contributed by atoms with Crippen LogP contribution in [0.15, 0.2) is 30.3 Å². The summed E-state index contributed by atoms with van der Waals surface area (Å²) in [7, 11) is 0. The lowest BCUT2D eigenvalue weighted by atomic mass is 9.96. The molecule has 0 aliphatic carbocycles. The molecular weight excluding hydrogens is 1480 g/mol. The number of nitrogens with one attached hydrogen (secondary N) is 13. The van der Waals surface area contributed by atoms with Gasteiger partial charge in [0, 0.05) is 26.1 Å². The molecule has 4 fully saturated rings. The number of likely N-dealkylation sites (tertiary alicyclic amines) is 3. The number of benzene rings is 1. The molecule has 37 nitrogen and oxygen atoms in total. The third-order valence-corrected chi connectivity index (χ3v) is 20.9. The molecule has 4 aliphatic heterocycles. The second-order valence-electron chi connectivity index (χ2n) is 32.0. The van der Waals surface area contributed by atoms with E-state index in [1.807, 2.05) is 0 Å². The van der Waals surface area contributed by atoms with E-state index in [2.05, 4.69) is 69.1 Å². The van der Waals surface area contributed by atoms with Crippen LogP contribution in [0, 0.1) is 35.5 Å². The molecule has 5 rings (SSSR count). The van der Waals surface area contributed by atoms with E-state index in [9.17, 15) is 102 Å². The summed E-state index contributed by atoms with van der Waals surface area (Å²) in [4.78, 5) is 225. The number of aliphatic carboxylic acids is 1. The third kappa shape index (κ3) is 27.4. The molecule has 18 N–H and O–H groups in total. The molecule has 638 valence electrons. The highest BCUT2D eigenvalue weighted by Gasteiger charge is 2.45. The second-order valence-corrected chi connectivity index (χ2v) is 32.0. The van der Waals surface area contributed by atoms with E-state index in [0.29, 0.717) is 44.2 Å². The number of carbonyl (C=O) groups is 16. The van der Waals surface area contributed by atoms with E-state index in [4.69, 9.17) is 0 Å². The highest BCUT2D eigenvalue weighted by Crippen LogP contribution is 2.25. The van der Waals surface area contributed by atoms with E-state index in [1.54, 1.807) is 113 Å². The maximum absolute atomic E-state index is 14.6. The number of nitrogens with zero attached hydrogens (tertiary/aromatic N) is 3. The quantitative estimate of drug-likeness (QED) is 0.0296. The number of amides is 15. The van der Waals surface area contributed by atoms with E-state index in [1.165, 1.54) is 21.6 Å². The molecule has 4 aliphatic rings. The Kier molecular flexibility index (Phi) is 38.0. The van der Waals surface area contributed by atoms with Gasteiger partial charge in [0.15, 0.2) is 0 Å². The van der Waals surface area contributed by atoms with Crippen molar-refractivity contribution in [2.45, 2.75) is 264 Å². The van der Waals surface area contributed by atoms with E-state index >= 15 is 0 Å². The molecule has 37 heteroatoms. The first kappa shape index (κ1) is 95.1. The Morgan fingerprint density at radius 1 is 0.421 bits per heavy atom. The summed E-state index contributed by atoms with van der Waals surface area (Å²) >= 11 is 0. The number of rotatable bonds is 43. The zero-order valence-electron chi connectivity index (χ0n) is 67.8. The minimum atomic E-state index is -1.74. The summed E-state index contributed by atoms with van der Waals surface area (Å²) < 4.78 is 0. The second kappa shape index (κ2) is 45.6. The zero-order chi connectivity index (χ0) is 85.1. The predicted octanol–water partition coefficient (Wildman–Crippen LogP) is -4.05. The van der Waals surface area contributed by atoms with Crippen LogP contribution < -0.4 is 69.1 Å². The Bertz CT molecular complexity index is 3500. The molecule has 0 unspecified atom stereocenters. The van der Waals surface area contributed by atoms with Crippen LogP contribution >= 0.6 is 0 Å². The van der Waals surface area contributed by atoms with Gasteiger partial charge in [-0.2, -0.15) is 0 Å². The molecule has 1 aromatic carbocycles. The minimum absolute atomic E-state index is 0.0110. The molecule has 17 atom stereocenters. The van der Waals surface area contributed by atoms with Crippen LogP contribution in [0.3, 0.4) is 0 Å². The maximum atomic E-state index is 14.6. The molecule has 1 aromatic rings. The van der Waals surface area contributed by atoms with Gasteiger partial charge in [0.1, 0.15) is 84.6 Å². The first-order valence-electron chi connectivity index (χ1n) is 39.8. The standard InChI is InChI=1S/C77H124N16O21/c1-14-44(12)61(73(109)80-48(32-39(2)3)64(100)83-52(37-95)66(102)84-51(36-94)65(101)82-50(77(113)114)34-46-22-16-15-17-23-46)89-68(104)55-26-19-29-91(55)57(98)35-79-67(103)54-25-20-30-92(54)75(111)49(33-40(4)5)81-74(110)62(45(13)97)90-72(108)60(43(10)11)88-71(107)59(42(8)9)87-70(106)58(41(6)7)86-69(105)56-27-21-31-93(56)76(112)53(38-96)85-63(99)47-24-18-28-78-47/h15-17,22-23,39-45,47-56,58-62,78,94-97H,14,18-21,24-38H2,1-13H3,(H,79,103)(H,80,109)(H,81,110)(H,82,101)(H,83,100)(H,84,102)(H,85,99)(H,86,105)(H,87,106)(H,88,107)(H,89,104)(H,90,108)(H,113,114)/t44-,45+,47-,48-,49-,50-,51-,52-,53-,54-,55-,56-,58-,59-,60-,61-,62-/m0/s1. The summed E-state index contributed by atoms with van der Waals surface area (Å²) in [6, 6.07) is -11.3. The first-order chi connectivity index (χ1) is 53.8. The first-order valence-corrected chi connectivity index (χ1v) is 39.8. The lowest BCUT2D eigenvalue weighted by molar-refractivity contribution is -0.143. The fraction of sp³-hybridized carbons (Fsp3) is 0.714. The predicted molar refractivity (Wildman–Crippen MR) is 413 cm³/mol. The van der Waals surface area contributed by atoms with Gasteiger partial charge in [-0.25, -0.2) is 4.79 Å². The number of carbonyl (C=O) groups excluding carboxylic acids is 15. The van der Waals surface area contributed by atoms with Crippen molar-refractivity contribution in [2.75, 3.05) is 52.5 Å². The van der Waals surface area contributed by atoms with Crippen molar-refractivity contribution < 1.29 is 102 Å². The van der Waals surface area contributed by atoms with Gasteiger partial charge in [0.2, 0.25) is 88.6 Å². The van der Waals surface area contributed by atoms with Gasteiger partial charge in [-0.3, -0.25) is 71.9 Å². The number of carboxylic acid groups (broad SMARTS) is 1. The van der Waals surface area contributed by atoms with Crippen LogP contribution in [0.4, 0.5) is 0 Å². The van der Waals surface area contributed by atoms with Gasteiger partial charge in [0.25, 0.3) is 0 Å². The van der Waals surface area contributed by atoms with Crippen molar-refractivity contribution >= 4 is 94.6 Å². The molecule has 0 spiro atoms. The normalized spacial score (nSPS) is 20.3. The average molecular weight is 1610 g/mol. The number of hydrogen-bond acceptors (Lipinski definition) is 21. The summed E-state index contributed by atoms with van der Waals surface area (Å²) in [5.41, 5.74) is 0.575. The van der Waals surface area contributed by atoms with Crippen molar-refractivity contribution in [3.8, 4) is 0 Å². The molecule has 4 saturated heterocycles. The van der Waals surface area contributed by atoms with Crippen molar-refractivity contribution in [2.24, 2.45) is 35.5 Å². The summed E-state index contributed by atoms with van der Waals surface area (Å²) in [6.45, 7) is 19.1. The summed E-state index contributed by atoms with van der Waals surface area (Å²) in [6.07, 6.45) is 1.62. The Morgan fingerprint density at radius 3 is 1.26 bits per heavy atom. The van der Waals surface area contributed by atoms with Crippen molar-refractivity contribution in [3.05, 3.63) is 35.9 Å². The highest BCUT2D eigenvalue weighted by molar-refractivity contribution is 6.01. The Morgan fingerprint density at radius 2 is 0.816 bits per heavy atom. The van der Waals surface area contributed by atoms with Crippen LogP contribution in [0.1, 0.15) is 166 Å². The third-order valence-electron chi connectivity index (χ3n) is 20.9.